The van der Waals surface area contributed by atoms with Gasteiger partial charge in [0.1, 0.15) is 17.1 Å². The van der Waals surface area contributed by atoms with Crippen LogP contribution in [0.4, 0.5) is 0 Å². The van der Waals surface area contributed by atoms with Gasteiger partial charge >= 0.3 is 0 Å². The lowest BCUT2D eigenvalue weighted by Gasteiger charge is -2.25. The third-order valence-electron chi connectivity index (χ3n) is 3.95. The summed E-state index contributed by atoms with van der Waals surface area (Å²) < 4.78 is 11.9. The molecule has 0 saturated heterocycles. The molecule has 1 aromatic rings. The van der Waals surface area contributed by atoms with Crippen molar-refractivity contribution >= 4 is 6.34 Å². The SMILES string of the molecule is C/C=C(\C)C1C=C(Oc2cccc(OC(C)(C)CC)c2)NC=N1. The first-order valence-electron chi connectivity index (χ1n) is 8.03. The van der Waals surface area contributed by atoms with Gasteiger partial charge < -0.3 is 14.8 Å². The monoisotopic (exact) mass is 314 g/mol. The number of aliphatic imine (C=N–C) groups is 1. The molecule has 0 bridgehead atoms. The molecule has 1 aromatic carbocycles. The van der Waals surface area contributed by atoms with Crippen molar-refractivity contribution in [2.75, 3.05) is 0 Å². The van der Waals surface area contributed by atoms with Crippen molar-refractivity contribution in [3.05, 3.63) is 47.9 Å². The summed E-state index contributed by atoms with van der Waals surface area (Å²) in [5, 5.41) is 3.03. The lowest BCUT2D eigenvalue weighted by atomic mass is 10.1. The van der Waals surface area contributed by atoms with Gasteiger partial charge in [-0.25, -0.2) is 0 Å². The highest BCUT2D eigenvalue weighted by atomic mass is 16.5. The fraction of sp³-hybridized carbons (Fsp3) is 0.421. The quantitative estimate of drug-likeness (QED) is 0.789. The molecule has 0 amide bonds. The molecule has 1 N–H and O–H groups in total. The van der Waals surface area contributed by atoms with E-state index in [2.05, 4.69) is 44.1 Å². The first kappa shape index (κ1) is 17.1. The van der Waals surface area contributed by atoms with Crippen molar-refractivity contribution in [1.29, 1.82) is 0 Å². The zero-order valence-corrected chi connectivity index (χ0v) is 14.6. The van der Waals surface area contributed by atoms with Crippen LogP contribution in [0.15, 0.2) is 52.9 Å². The summed E-state index contributed by atoms with van der Waals surface area (Å²) in [5.41, 5.74) is 0.993. The Balaban J connectivity index is 2.10. The number of hydrogen-bond acceptors (Lipinski definition) is 4. The third kappa shape index (κ3) is 4.88. The first-order valence-corrected chi connectivity index (χ1v) is 8.03. The number of nitrogens with zero attached hydrogens (tertiary/aromatic N) is 1. The largest absolute Gasteiger partial charge is 0.488 e. The Morgan fingerprint density at radius 3 is 2.78 bits per heavy atom. The van der Waals surface area contributed by atoms with Crippen LogP contribution in [0.3, 0.4) is 0 Å². The van der Waals surface area contributed by atoms with Crippen molar-refractivity contribution in [1.82, 2.24) is 5.32 Å². The van der Waals surface area contributed by atoms with E-state index in [4.69, 9.17) is 9.47 Å². The standard InChI is InChI=1S/C19H26N2O2/c1-6-14(3)17-12-18(21-13-20-17)22-15-9-8-10-16(11-15)23-19(4,5)7-2/h6,8-13,17H,7H2,1-5H3,(H,20,21)/b14-6+. The van der Waals surface area contributed by atoms with Gasteiger partial charge in [0, 0.05) is 12.1 Å². The van der Waals surface area contributed by atoms with Crippen molar-refractivity contribution in [2.45, 2.75) is 52.7 Å². The molecule has 0 aliphatic carbocycles. The summed E-state index contributed by atoms with van der Waals surface area (Å²) in [6, 6.07) is 7.72. The van der Waals surface area contributed by atoms with Gasteiger partial charge in [0.05, 0.1) is 12.4 Å². The molecule has 1 aliphatic rings. The molecule has 1 atom stereocenters. The van der Waals surface area contributed by atoms with E-state index < -0.39 is 0 Å². The maximum absolute atomic E-state index is 6.00. The lowest BCUT2D eigenvalue weighted by molar-refractivity contribution is 0.105. The molecule has 1 heterocycles. The molecule has 4 nitrogen and oxygen atoms in total. The van der Waals surface area contributed by atoms with Crippen LogP contribution in [0.5, 0.6) is 11.5 Å². The summed E-state index contributed by atoms with van der Waals surface area (Å²) in [7, 11) is 0. The highest BCUT2D eigenvalue weighted by Gasteiger charge is 2.17. The van der Waals surface area contributed by atoms with Crippen LogP contribution in [0.1, 0.15) is 41.0 Å². The number of hydrogen-bond donors (Lipinski definition) is 1. The smallest absolute Gasteiger partial charge is 0.196 e. The molecule has 4 heteroatoms. The van der Waals surface area contributed by atoms with Gasteiger partial charge in [-0.1, -0.05) is 19.1 Å². The summed E-state index contributed by atoms with van der Waals surface area (Å²) in [5.74, 6) is 2.22. The minimum atomic E-state index is -0.193. The van der Waals surface area contributed by atoms with E-state index >= 15 is 0 Å². The first-order chi connectivity index (χ1) is 10.9. The minimum Gasteiger partial charge on any atom is -0.488 e. The molecule has 0 radical (unpaired) electrons. The summed E-state index contributed by atoms with van der Waals surface area (Å²) >= 11 is 0. The van der Waals surface area contributed by atoms with Gasteiger partial charge in [-0.15, -0.1) is 0 Å². The highest BCUT2D eigenvalue weighted by Crippen LogP contribution is 2.26. The van der Waals surface area contributed by atoms with Gasteiger partial charge in [0.2, 0.25) is 0 Å². The predicted octanol–water partition coefficient (Wildman–Crippen LogP) is 4.44. The Labute approximate surface area is 138 Å². The van der Waals surface area contributed by atoms with E-state index in [0.717, 1.165) is 17.9 Å². The number of rotatable bonds is 6. The van der Waals surface area contributed by atoms with E-state index in [1.54, 1.807) is 6.34 Å². The Morgan fingerprint density at radius 2 is 2.09 bits per heavy atom. The molecule has 0 spiro atoms. The highest BCUT2D eigenvalue weighted by molar-refractivity contribution is 5.60. The zero-order valence-electron chi connectivity index (χ0n) is 14.6. The fourth-order valence-electron chi connectivity index (χ4n) is 2.02. The van der Waals surface area contributed by atoms with Gasteiger partial charge in [-0.2, -0.15) is 0 Å². The second kappa shape index (κ2) is 7.36. The lowest BCUT2D eigenvalue weighted by Crippen LogP contribution is -2.26. The van der Waals surface area contributed by atoms with Crippen LogP contribution < -0.4 is 14.8 Å². The van der Waals surface area contributed by atoms with Gasteiger partial charge in [0.15, 0.2) is 5.88 Å². The van der Waals surface area contributed by atoms with Crippen LogP contribution >= 0.6 is 0 Å². The van der Waals surface area contributed by atoms with Crippen LogP contribution in [0, 0.1) is 0 Å². The van der Waals surface area contributed by atoms with Crippen molar-refractivity contribution in [3.8, 4) is 11.5 Å². The second-order valence-electron chi connectivity index (χ2n) is 6.22. The zero-order chi connectivity index (χ0) is 16.9. The van der Waals surface area contributed by atoms with Crippen LogP contribution in [-0.2, 0) is 0 Å². The minimum absolute atomic E-state index is 0.0229. The number of allylic oxidation sites excluding steroid dienone is 1. The number of nitrogens with one attached hydrogen (secondary N) is 1. The van der Waals surface area contributed by atoms with Gasteiger partial charge in [-0.05, 0) is 51.8 Å². The molecule has 2 rings (SSSR count). The van der Waals surface area contributed by atoms with E-state index in [1.165, 1.54) is 5.57 Å². The topological polar surface area (TPSA) is 42.9 Å². The van der Waals surface area contributed by atoms with Crippen molar-refractivity contribution in [3.63, 3.8) is 0 Å². The summed E-state index contributed by atoms with van der Waals surface area (Å²) in [6.45, 7) is 10.3. The summed E-state index contributed by atoms with van der Waals surface area (Å²) in [4.78, 5) is 4.38. The molecule has 1 unspecified atom stereocenters. The molecule has 124 valence electrons. The van der Waals surface area contributed by atoms with Crippen LogP contribution in [-0.4, -0.2) is 18.0 Å². The molecule has 23 heavy (non-hydrogen) atoms. The maximum Gasteiger partial charge on any atom is 0.196 e. The Kier molecular flexibility index (Phi) is 5.48. The molecule has 0 aromatic heterocycles. The molecular weight excluding hydrogens is 288 g/mol. The predicted molar refractivity (Wildman–Crippen MR) is 95.0 cm³/mol. The van der Waals surface area contributed by atoms with Gasteiger partial charge in [-0.3, -0.25) is 4.99 Å². The Morgan fingerprint density at radius 1 is 1.35 bits per heavy atom. The number of benzene rings is 1. The van der Waals surface area contributed by atoms with E-state index in [9.17, 15) is 0 Å². The average molecular weight is 314 g/mol. The normalized spacial score (nSPS) is 18.2. The van der Waals surface area contributed by atoms with Crippen molar-refractivity contribution < 1.29 is 9.47 Å². The molecule has 0 saturated carbocycles. The Bertz CT molecular complexity index is 630. The fourth-order valence-corrected chi connectivity index (χ4v) is 2.02. The summed E-state index contributed by atoms with van der Waals surface area (Å²) in [6.07, 6.45) is 6.64. The third-order valence-corrected chi connectivity index (χ3v) is 3.95. The van der Waals surface area contributed by atoms with Gasteiger partial charge in [0.25, 0.3) is 0 Å². The number of ether oxygens (including phenoxy) is 2. The Hall–Kier alpha value is -2.23. The second-order valence-corrected chi connectivity index (χ2v) is 6.22. The maximum atomic E-state index is 6.00. The molecular formula is C19H26N2O2. The van der Waals surface area contributed by atoms with E-state index in [0.29, 0.717) is 5.88 Å². The molecule has 0 fully saturated rings. The van der Waals surface area contributed by atoms with Crippen molar-refractivity contribution in [2.24, 2.45) is 4.99 Å². The van der Waals surface area contributed by atoms with E-state index in [-0.39, 0.29) is 11.6 Å². The van der Waals surface area contributed by atoms with Crippen LogP contribution in [0.25, 0.3) is 0 Å². The molecule has 1 aliphatic heterocycles. The average Bonchev–Trinajstić information content (AvgIpc) is 2.54. The van der Waals surface area contributed by atoms with Crippen LogP contribution in [0.2, 0.25) is 0 Å². The van der Waals surface area contributed by atoms with E-state index in [1.807, 2.05) is 37.3 Å².